The Morgan fingerprint density at radius 1 is 0.684 bits per heavy atom. The third-order valence-corrected chi connectivity index (χ3v) is 4.02. The van der Waals surface area contributed by atoms with Crippen LogP contribution in [0.2, 0.25) is 0 Å². The third kappa shape index (κ3) is 3.88. The number of rotatable bonds is 2. The molecule has 96 valence electrons. The van der Waals surface area contributed by atoms with Crippen molar-refractivity contribution in [3.63, 3.8) is 0 Å². The molecule has 0 fully saturated rings. The van der Waals surface area contributed by atoms with E-state index in [0.717, 1.165) is 24.3 Å². The quantitative estimate of drug-likeness (QED) is 0.578. The summed E-state index contributed by atoms with van der Waals surface area (Å²) in [5.41, 5.74) is 0. The van der Waals surface area contributed by atoms with E-state index in [-0.39, 0.29) is 37.7 Å². The van der Waals surface area contributed by atoms with E-state index in [1.54, 1.807) is 0 Å². The van der Waals surface area contributed by atoms with Crippen LogP contribution < -0.4 is 0 Å². The van der Waals surface area contributed by atoms with Crippen LogP contribution in [0.4, 0.5) is 0 Å². The number of benzene rings is 2. The molecule has 0 unspecified atom stereocenters. The van der Waals surface area contributed by atoms with Crippen molar-refractivity contribution >= 4 is 68.7 Å². The third-order valence-electron chi connectivity index (χ3n) is 2.36. The first-order chi connectivity index (χ1) is 8.18. The maximum Gasteiger partial charge on any atom is 2.00 e. The first-order valence-corrected chi connectivity index (χ1v) is 7.45. The minimum atomic E-state index is -4.56. The van der Waals surface area contributed by atoms with Crippen molar-refractivity contribution in [1.82, 2.24) is 0 Å². The van der Waals surface area contributed by atoms with Gasteiger partial charge in [-0.15, -0.1) is 0 Å². The topological polar surface area (TPSA) is 114 Å². The summed E-state index contributed by atoms with van der Waals surface area (Å²) in [6.07, 6.45) is 0. The van der Waals surface area contributed by atoms with Gasteiger partial charge in [0.25, 0.3) is 0 Å². The molecule has 0 amide bonds. The second-order valence-corrected chi connectivity index (χ2v) is 6.34. The average molecular weight is 326 g/mol. The Morgan fingerprint density at radius 2 is 1.00 bits per heavy atom. The Hall–Kier alpha value is -0.220. The van der Waals surface area contributed by atoms with Crippen LogP contribution in [0.3, 0.4) is 0 Å². The Kier molecular flexibility index (Phi) is 5.00. The molecule has 0 heterocycles. The van der Waals surface area contributed by atoms with Crippen LogP contribution in [0.5, 0.6) is 0 Å². The number of hydrogen-bond acceptors (Lipinski definition) is 6. The van der Waals surface area contributed by atoms with Crippen LogP contribution in [0.15, 0.2) is 46.2 Å². The van der Waals surface area contributed by atoms with Crippen molar-refractivity contribution < 1.29 is 25.9 Å². The van der Waals surface area contributed by atoms with Crippen LogP contribution in [-0.4, -0.2) is 63.7 Å². The predicted octanol–water partition coefficient (Wildman–Crippen LogP) is 0.267. The SMILES string of the molecule is O=S(=O)([O-])c1ccc2cc(S(=O)(=O)[O-])ccc2c1.[Ca+2]. The summed E-state index contributed by atoms with van der Waals surface area (Å²) in [5, 5.41) is 0.721. The van der Waals surface area contributed by atoms with Crippen LogP contribution in [-0.2, 0) is 20.2 Å². The molecule has 0 aromatic heterocycles. The maximum atomic E-state index is 10.8. The monoisotopic (exact) mass is 326 g/mol. The summed E-state index contributed by atoms with van der Waals surface area (Å²) in [4.78, 5) is -0.819. The van der Waals surface area contributed by atoms with Gasteiger partial charge in [-0.1, -0.05) is 12.1 Å². The fourth-order valence-electron chi connectivity index (χ4n) is 1.51. The molecule has 6 nitrogen and oxygen atoms in total. The van der Waals surface area contributed by atoms with Crippen molar-refractivity contribution in [3.05, 3.63) is 36.4 Å². The molecule has 0 saturated carbocycles. The van der Waals surface area contributed by atoms with Crippen LogP contribution in [0.1, 0.15) is 0 Å². The number of fused-ring (bicyclic) bond motifs is 1. The fraction of sp³-hybridized carbons (Fsp3) is 0. The molecule has 0 N–H and O–H groups in total. The molecule has 2 aromatic carbocycles. The van der Waals surface area contributed by atoms with E-state index in [1.165, 1.54) is 12.1 Å². The van der Waals surface area contributed by atoms with Crippen LogP contribution in [0.25, 0.3) is 10.8 Å². The van der Waals surface area contributed by atoms with Gasteiger partial charge in [0.1, 0.15) is 20.2 Å². The van der Waals surface area contributed by atoms with Gasteiger partial charge < -0.3 is 9.11 Å². The normalized spacial score (nSPS) is 12.1. The summed E-state index contributed by atoms with van der Waals surface area (Å²) in [5.74, 6) is 0. The van der Waals surface area contributed by atoms with Crippen molar-refractivity contribution in [2.45, 2.75) is 9.79 Å². The summed E-state index contributed by atoms with van der Waals surface area (Å²) in [7, 11) is -9.13. The molecule has 0 bridgehead atoms. The Labute approximate surface area is 139 Å². The van der Waals surface area contributed by atoms with Crippen molar-refractivity contribution in [2.24, 2.45) is 0 Å². The molecule has 0 aliphatic carbocycles. The van der Waals surface area contributed by atoms with E-state index >= 15 is 0 Å². The first-order valence-electron chi connectivity index (χ1n) is 4.63. The van der Waals surface area contributed by atoms with Gasteiger partial charge in [0.15, 0.2) is 0 Å². The molecule has 2 aromatic rings. The molecule has 0 atom stereocenters. The summed E-state index contributed by atoms with van der Waals surface area (Å²) >= 11 is 0. The second kappa shape index (κ2) is 5.64. The predicted molar refractivity (Wildman–Crippen MR) is 65.6 cm³/mol. The van der Waals surface area contributed by atoms with E-state index in [4.69, 9.17) is 0 Å². The van der Waals surface area contributed by atoms with Gasteiger partial charge in [0.05, 0.1) is 9.79 Å². The van der Waals surface area contributed by atoms with E-state index in [1.807, 2.05) is 0 Å². The van der Waals surface area contributed by atoms with E-state index < -0.39 is 30.0 Å². The Balaban J connectivity index is 0.00000180. The van der Waals surface area contributed by atoms with Gasteiger partial charge in [0.2, 0.25) is 0 Å². The van der Waals surface area contributed by atoms with Crippen molar-refractivity contribution in [2.75, 3.05) is 0 Å². The number of hydrogen-bond donors (Lipinski definition) is 0. The van der Waals surface area contributed by atoms with Gasteiger partial charge in [-0.25, -0.2) is 16.8 Å². The molecule has 0 saturated heterocycles. The van der Waals surface area contributed by atoms with Crippen LogP contribution in [0, 0.1) is 0 Å². The minimum Gasteiger partial charge on any atom is -0.744 e. The Bertz CT molecular complexity index is 755. The standard InChI is InChI=1S/C10H8O6S2.Ca/c11-17(12,13)9-3-1-7-5-10(18(14,15)16)4-2-8(7)6-9;/h1-6H,(H,11,12,13)(H,14,15,16);/q;+2/p-2. The van der Waals surface area contributed by atoms with E-state index in [0.29, 0.717) is 10.8 Å². The zero-order valence-corrected chi connectivity index (χ0v) is 13.3. The summed E-state index contributed by atoms with van der Waals surface area (Å²) < 4.78 is 64.8. The maximum absolute atomic E-state index is 10.8. The second-order valence-electron chi connectivity index (χ2n) is 3.58. The largest absolute Gasteiger partial charge is 2.00 e. The molecule has 0 aliphatic heterocycles. The molecule has 2 rings (SSSR count). The Morgan fingerprint density at radius 3 is 1.26 bits per heavy atom. The van der Waals surface area contributed by atoms with Crippen LogP contribution >= 0.6 is 0 Å². The average Bonchev–Trinajstić information content (AvgIpc) is 2.25. The van der Waals surface area contributed by atoms with Gasteiger partial charge in [-0.3, -0.25) is 0 Å². The molecule has 0 radical (unpaired) electrons. The summed E-state index contributed by atoms with van der Waals surface area (Å²) in [6.45, 7) is 0. The molecule has 0 aliphatic rings. The molecule has 9 heteroatoms. The van der Waals surface area contributed by atoms with Gasteiger partial charge in [-0.2, -0.15) is 0 Å². The zero-order chi connectivity index (χ0) is 13.6. The van der Waals surface area contributed by atoms with Gasteiger partial charge in [0, 0.05) is 0 Å². The summed E-state index contributed by atoms with van der Waals surface area (Å²) in [6, 6.07) is 6.92. The fourth-order valence-corrected chi connectivity index (χ4v) is 2.52. The zero-order valence-electron chi connectivity index (χ0n) is 9.44. The van der Waals surface area contributed by atoms with E-state index in [2.05, 4.69) is 0 Å². The minimum absolute atomic E-state index is 0. The molecule has 0 spiro atoms. The van der Waals surface area contributed by atoms with Crippen molar-refractivity contribution in [1.29, 1.82) is 0 Å². The van der Waals surface area contributed by atoms with Crippen molar-refractivity contribution in [3.8, 4) is 0 Å². The smallest absolute Gasteiger partial charge is 0.744 e. The van der Waals surface area contributed by atoms with Gasteiger partial charge >= 0.3 is 37.7 Å². The first kappa shape index (κ1) is 16.8. The molecule has 19 heavy (non-hydrogen) atoms. The van der Waals surface area contributed by atoms with Gasteiger partial charge in [-0.05, 0) is 35.0 Å². The molecular formula is C10H6CaO6S2. The molecular weight excluding hydrogens is 320 g/mol. The van der Waals surface area contributed by atoms with E-state index in [9.17, 15) is 25.9 Å².